The van der Waals surface area contributed by atoms with E-state index in [0.717, 1.165) is 6.07 Å². The van der Waals surface area contributed by atoms with E-state index in [0.29, 0.717) is 6.07 Å². The summed E-state index contributed by atoms with van der Waals surface area (Å²) in [6.07, 6.45) is 1.39. The number of nitrogens with zero attached hydrogens (tertiary/aromatic N) is 1. The molecule has 2 nitrogen and oxygen atoms in total. The molecule has 4 heteroatoms. The predicted molar refractivity (Wildman–Crippen MR) is 48.0 cm³/mol. The van der Waals surface area contributed by atoms with Gasteiger partial charge in [0.2, 0.25) is 0 Å². The van der Waals surface area contributed by atoms with Crippen molar-refractivity contribution in [3.63, 3.8) is 0 Å². The van der Waals surface area contributed by atoms with Gasteiger partial charge in [0.05, 0.1) is 17.2 Å². The van der Waals surface area contributed by atoms with Crippen molar-refractivity contribution in [2.75, 3.05) is 0 Å². The second kappa shape index (κ2) is 2.97. The number of fused-ring (bicyclic) bond motifs is 1. The fraction of sp³-hybridized carbons (Fsp3) is 0.200. The third kappa shape index (κ3) is 1.23. The Labute approximate surface area is 79.3 Å². The zero-order valence-corrected chi connectivity index (χ0v) is 7.42. The molecule has 1 aromatic rings. The van der Waals surface area contributed by atoms with Gasteiger partial charge in [-0.3, -0.25) is 9.79 Å². The predicted octanol–water partition coefficient (Wildman–Crippen LogP) is 2.50. The van der Waals surface area contributed by atoms with Crippen molar-refractivity contribution in [1.82, 2.24) is 0 Å². The molecule has 0 fully saturated rings. The van der Waals surface area contributed by atoms with E-state index in [9.17, 15) is 13.6 Å². The lowest BCUT2D eigenvalue weighted by atomic mass is 9.96. The zero-order valence-electron chi connectivity index (χ0n) is 7.42. The maximum absolute atomic E-state index is 13.2. The fourth-order valence-electron chi connectivity index (χ4n) is 1.39. The summed E-state index contributed by atoms with van der Waals surface area (Å²) < 4.78 is 26.0. The minimum absolute atomic E-state index is 0.0746. The van der Waals surface area contributed by atoms with Crippen LogP contribution in [0.5, 0.6) is 0 Å². The first kappa shape index (κ1) is 8.99. The van der Waals surface area contributed by atoms with Crippen molar-refractivity contribution in [1.29, 1.82) is 0 Å². The van der Waals surface area contributed by atoms with Crippen LogP contribution in [0.1, 0.15) is 17.3 Å². The van der Waals surface area contributed by atoms with Crippen LogP contribution >= 0.6 is 0 Å². The molecule has 1 aliphatic heterocycles. The van der Waals surface area contributed by atoms with Crippen molar-refractivity contribution in [2.45, 2.75) is 6.92 Å². The highest BCUT2D eigenvalue weighted by atomic mass is 19.1. The minimum atomic E-state index is -0.839. The molecule has 0 aliphatic carbocycles. The minimum Gasteiger partial charge on any atom is -0.293 e. The average Bonchev–Trinajstić information content (AvgIpc) is 2.10. The molecule has 0 amide bonds. The summed E-state index contributed by atoms with van der Waals surface area (Å²) in [6, 6.07) is 1.75. The monoisotopic (exact) mass is 195 g/mol. The molecule has 0 bridgehead atoms. The smallest absolute Gasteiger partial charge is 0.176 e. The largest absolute Gasteiger partial charge is 0.293 e. The van der Waals surface area contributed by atoms with Crippen LogP contribution in [0.25, 0.3) is 0 Å². The first-order chi connectivity index (χ1) is 6.59. The number of ketones is 1. The van der Waals surface area contributed by atoms with Crippen LogP contribution in [0.4, 0.5) is 14.5 Å². The number of aliphatic imine (C=N–C) groups is 1. The lowest BCUT2D eigenvalue weighted by Gasteiger charge is -2.14. The van der Waals surface area contributed by atoms with Gasteiger partial charge in [-0.05, 0) is 0 Å². The summed E-state index contributed by atoms with van der Waals surface area (Å²) in [5.74, 6) is -2.36. The second-order valence-electron chi connectivity index (χ2n) is 3.21. The van der Waals surface area contributed by atoms with Gasteiger partial charge in [0.1, 0.15) is 11.6 Å². The Hall–Kier alpha value is -1.58. The molecule has 0 saturated heterocycles. The van der Waals surface area contributed by atoms with Crippen LogP contribution in [0.3, 0.4) is 0 Å². The number of hydrogen-bond acceptors (Lipinski definition) is 2. The first-order valence-corrected chi connectivity index (χ1v) is 4.17. The summed E-state index contributed by atoms with van der Waals surface area (Å²) in [4.78, 5) is 15.3. The van der Waals surface area contributed by atoms with E-state index in [4.69, 9.17) is 0 Å². The van der Waals surface area contributed by atoms with E-state index in [1.807, 2.05) is 0 Å². The number of halogens is 2. The third-order valence-electron chi connectivity index (χ3n) is 2.13. The van der Waals surface area contributed by atoms with E-state index in [1.54, 1.807) is 6.92 Å². The van der Waals surface area contributed by atoms with Gasteiger partial charge < -0.3 is 0 Å². The van der Waals surface area contributed by atoms with E-state index >= 15 is 0 Å². The Morgan fingerprint density at radius 2 is 2.07 bits per heavy atom. The van der Waals surface area contributed by atoms with Crippen LogP contribution in [0, 0.1) is 17.6 Å². The van der Waals surface area contributed by atoms with Gasteiger partial charge in [-0.15, -0.1) is 0 Å². The van der Waals surface area contributed by atoms with Crippen molar-refractivity contribution in [3.05, 3.63) is 29.3 Å². The molecule has 0 N–H and O–H groups in total. The molecule has 0 saturated carbocycles. The van der Waals surface area contributed by atoms with Crippen LogP contribution in [0.15, 0.2) is 17.1 Å². The third-order valence-corrected chi connectivity index (χ3v) is 2.13. The van der Waals surface area contributed by atoms with Gasteiger partial charge in [-0.25, -0.2) is 8.78 Å². The SMILES string of the molecule is CC1C=Nc2cc(F)cc(F)c2C1=O. The lowest BCUT2D eigenvalue weighted by Crippen LogP contribution is -2.18. The molecule has 14 heavy (non-hydrogen) atoms. The van der Waals surface area contributed by atoms with Crippen LogP contribution < -0.4 is 0 Å². The molecule has 1 atom stereocenters. The lowest BCUT2D eigenvalue weighted by molar-refractivity contribution is 0.0958. The number of hydrogen-bond donors (Lipinski definition) is 0. The van der Waals surface area contributed by atoms with E-state index in [2.05, 4.69) is 4.99 Å². The van der Waals surface area contributed by atoms with Crippen molar-refractivity contribution in [3.8, 4) is 0 Å². The van der Waals surface area contributed by atoms with E-state index < -0.39 is 17.6 Å². The Morgan fingerprint density at radius 1 is 1.36 bits per heavy atom. The number of Topliss-reactive ketones (excluding diaryl/α,β-unsaturated/α-hetero) is 1. The second-order valence-corrected chi connectivity index (χ2v) is 3.21. The molecular weight excluding hydrogens is 188 g/mol. The molecule has 1 unspecified atom stereocenters. The van der Waals surface area contributed by atoms with Gasteiger partial charge in [0.25, 0.3) is 0 Å². The zero-order chi connectivity index (χ0) is 10.3. The standard InChI is InChI=1S/C10H7F2NO/c1-5-4-13-8-3-6(11)2-7(12)9(8)10(5)14/h2-5H,1H3. The molecule has 0 aromatic heterocycles. The summed E-state index contributed by atoms with van der Waals surface area (Å²) in [5.41, 5.74) is -0.0352. The summed E-state index contributed by atoms with van der Waals surface area (Å²) >= 11 is 0. The maximum Gasteiger partial charge on any atom is 0.176 e. The van der Waals surface area contributed by atoms with Gasteiger partial charge in [-0.2, -0.15) is 0 Å². The average molecular weight is 195 g/mol. The van der Waals surface area contributed by atoms with Crippen molar-refractivity contribution in [2.24, 2.45) is 10.9 Å². The van der Waals surface area contributed by atoms with Gasteiger partial charge >= 0.3 is 0 Å². The van der Waals surface area contributed by atoms with Crippen LogP contribution in [0.2, 0.25) is 0 Å². The molecule has 0 radical (unpaired) electrons. The number of carbonyl (C=O) groups is 1. The first-order valence-electron chi connectivity index (χ1n) is 4.17. The normalized spacial score (nSPS) is 19.6. The van der Waals surface area contributed by atoms with Crippen molar-refractivity contribution < 1.29 is 13.6 Å². The molecule has 0 spiro atoms. The summed E-state index contributed by atoms with van der Waals surface area (Å²) in [5, 5.41) is 0. The Morgan fingerprint density at radius 3 is 2.79 bits per heavy atom. The summed E-state index contributed by atoms with van der Waals surface area (Å²) in [6.45, 7) is 1.62. The Balaban J connectivity index is 2.69. The highest BCUT2D eigenvalue weighted by Crippen LogP contribution is 2.29. The Bertz CT molecular complexity index is 440. The van der Waals surface area contributed by atoms with E-state index in [1.165, 1.54) is 6.21 Å². The maximum atomic E-state index is 13.2. The topological polar surface area (TPSA) is 29.4 Å². The molecule has 1 aliphatic rings. The van der Waals surface area contributed by atoms with Crippen LogP contribution in [-0.2, 0) is 0 Å². The van der Waals surface area contributed by atoms with Crippen LogP contribution in [-0.4, -0.2) is 12.0 Å². The molecule has 1 aromatic carbocycles. The van der Waals surface area contributed by atoms with E-state index in [-0.39, 0.29) is 17.0 Å². The highest BCUT2D eigenvalue weighted by Gasteiger charge is 2.25. The molecule has 72 valence electrons. The fourth-order valence-corrected chi connectivity index (χ4v) is 1.39. The summed E-state index contributed by atoms with van der Waals surface area (Å²) in [7, 11) is 0. The quantitative estimate of drug-likeness (QED) is 0.625. The van der Waals surface area contributed by atoms with Gasteiger partial charge in [0, 0.05) is 18.3 Å². The van der Waals surface area contributed by atoms with Gasteiger partial charge in [0.15, 0.2) is 5.78 Å². The molecule has 2 rings (SSSR count). The number of rotatable bonds is 0. The highest BCUT2D eigenvalue weighted by molar-refractivity contribution is 6.12. The van der Waals surface area contributed by atoms with Gasteiger partial charge in [-0.1, -0.05) is 6.92 Å². The molecular formula is C10H7F2NO. The number of carbonyl (C=O) groups excluding carboxylic acids is 1. The number of benzene rings is 1. The molecule has 1 heterocycles. The Kier molecular flexibility index (Phi) is 1.91. The van der Waals surface area contributed by atoms with Crippen molar-refractivity contribution >= 4 is 17.7 Å².